The second-order valence-corrected chi connectivity index (χ2v) is 3.72. The highest BCUT2D eigenvalue weighted by molar-refractivity contribution is 9.10. The fourth-order valence-electron chi connectivity index (χ4n) is 1.02. The Morgan fingerprint density at radius 3 is 2.93 bits per heavy atom. The molecule has 0 amide bonds. The number of halogens is 1. The maximum Gasteiger partial charge on any atom is 0.373 e. The predicted molar refractivity (Wildman–Crippen MR) is 61.4 cm³/mol. The zero-order valence-corrected chi connectivity index (χ0v) is 9.82. The maximum atomic E-state index is 11.1. The molecule has 3 nitrogen and oxygen atoms in total. The van der Waals surface area contributed by atoms with Gasteiger partial charge in [-0.15, -0.1) is 0 Å². The Morgan fingerprint density at radius 1 is 1.60 bits per heavy atom. The van der Waals surface area contributed by atoms with Crippen molar-refractivity contribution in [1.82, 2.24) is 0 Å². The lowest BCUT2D eigenvalue weighted by Crippen LogP contribution is -2.06. The SMILES string of the molecule is CCOC(=O)/C(O)=C/c1cccc(Br)c1. The monoisotopic (exact) mass is 270 g/mol. The number of esters is 1. The molecule has 0 saturated heterocycles. The Kier molecular flexibility index (Phi) is 4.37. The summed E-state index contributed by atoms with van der Waals surface area (Å²) in [7, 11) is 0. The average molecular weight is 271 g/mol. The smallest absolute Gasteiger partial charge is 0.373 e. The molecule has 0 bridgehead atoms. The van der Waals surface area contributed by atoms with E-state index in [1.54, 1.807) is 19.1 Å². The van der Waals surface area contributed by atoms with E-state index in [9.17, 15) is 9.90 Å². The minimum absolute atomic E-state index is 0.245. The van der Waals surface area contributed by atoms with E-state index in [1.165, 1.54) is 6.08 Å². The van der Waals surface area contributed by atoms with Gasteiger partial charge in [0.25, 0.3) is 0 Å². The number of hydrogen-bond acceptors (Lipinski definition) is 3. The van der Waals surface area contributed by atoms with Crippen LogP contribution < -0.4 is 0 Å². The third-order valence-corrected chi connectivity index (χ3v) is 2.13. The summed E-state index contributed by atoms with van der Waals surface area (Å²) in [4.78, 5) is 11.1. The third-order valence-electron chi connectivity index (χ3n) is 1.64. The van der Waals surface area contributed by atoms with Crippen molar-refractivity contribution in [1.29, 1.82) is 0 Å². The van der Waals surface area contributed by atoms with Gasteiger partial charge in [0.05, 0.1) is 6.61 Å². The van der Waals surface area contributed by atoms with Crippen molar-refractivity contribution < 1.29 is 14.6 Å². The molecule has 1 N–H and O–H groups in total. The zero-order chi connectivity index (χ0) is 11.3. The summed E-state index contributed by atoms with van der Waals surface area (Å²) in [6.45, 7) is 1.93. The fraction of sp³-hybridized carbons (Fsp3) is 0.182. The topological polar surface area (TPSA) is 46.5 Å². The van der Waals surface area contributed by atoms with Crippen LogP contribution in [0.2, 0.25) is 0 Å². The third kappa shape index (κ3) is 3.75. The standard InChI is InChI=1S/C11H11BrO3/c1-2-15-11(14)10(13)7-8-4-3-5-9(12)6-8/h3-7,13H,2H2,1H3/b10-7-. The van der Waals surface area contributed by atoms with Gasteiger partial charge in [-0.3, -0.25) is 0 Å². The van der Waals surface area contributed by atoms with Gasteiger partial charge < -0.3 is 9.84 Å². The molecule has 0 aliphatic rings. The van der Waals surface area contributed by atoms with Crippen LogP contribution in [0.5, 0.6) is 0 Å². The number of aliphatic hydroxyl groups excluding tert-OH is 1. The van der Waals surface area contributed by atoms with Gasteiger partial charge in [-0.05, 0) is 30.7 Å². The van der Waals surface area contributed by atoms with Crippen LogP contribution in [0.3, 0.4) is 0 Å². The highest BCUT2D eigenvalue weighted by atomic mass is 79.9. The van der Waals surface area contributed by atoms with E-state index in [2.05, 4.69) is 20.7 Å². The lowest BCUT2D eigenvalue weighted by atomic mass is 10.2. The lowest BCUT2D eigenvalue weighted by Gasteiger charge is -2.00. The molecule has 0 aliphatic heterocycles. The van der Waals surface area contributed by atoms with Gasteiger partial charge in [0.1, 0.15) is 0 Å². The van der Waals surface area contributed by atoms with Crippen molar-refractivity contribution in [2.24, 2.45) is 0 Å². The van der Waals surface area contributed by atoms with Crippen LogP contribution in [0.4, 0.5) is 0 Å². The summed E-state index contributed by atoms with van der Waals surface area (Å²) in [6.07, 6.45) is 1.36. The van der Waals surface area contributed by atoms with E-state index >= 15 is 0 Å². The quantitative estimate of drug-likeness (QED) is 0.522. The van der Waals surface area contributed by atoms with E-state index in [4.69, 9.17) is 0 Å². The molecule has 4 heteroatoms. The molecule has 1 aromatic carbocycles. The molecule has 0 saturated carbocycles. The van der Waals surface area contributed by atoms with Crippen molar-refractivity contribution in [3.05, 3.63) is 40.1 Å². The Hall–Kier alpha value is -1.29. The molecule has 0 aliphatic carbocycles. The highest BCUT2D eigenvalue weighted by Crippen LogP contribution is 2.14. The molecule has 0 fully saturated rings. The summed E-state index contributed by atoms with van der Waals surface area (Å²) in [6, 6.07) is 7.24. The van der Waals surface area contributed by atoms with Crippen molar-refractivity contribution >= 4 is 28.0 Å². The van der Waals surface area contributed by atoms with Gasteiger partial charge in [0.15, 0.2) is 0 Å². The first kappa shape index (κ1) is 11.8. The van der Waals surface area contributed by atoms with E-state index in [0.29, 0.717) is 0 Å². The number of benzene rings is 1. The van der Waals surface area contributed by atoms with Crippen LogP contribution in [-0.4, -0.2) is 17.7 Å². The first-order valence-electron chi connectivity index (χ1n) is 4.47. The van der Waals surface area contributed by atoms with Crippen LogP contribution in [0.1, 0.15) is 12.5 Å². The highest BCUT2D eigenvalue weighted by Gasteiger charge is 2.07. The number of hydrogen-bond donors (Lipinski definition) is 1. The minimum atomic E-state index is -0.711. The average Bonchev–Trinajstić information content (AvgIpc) is 2.18. The second kappa shape index (κ2) is 5.56. The molecule has 80 valence electrons. The first-order valence-corrected chi connectivity index (χ1v) is 5.26. The van der Waals surface area contributed by atoms with E-state index in [1.807, 2.05) is 12.1 Å². The molecule has 0 unspecified atom stereocenters. The predicted octanol–water partition coefficient (Wildman–Crippen LogP) is 2.91. The van der Waals surface area contributed by atoms with Crippen molar-refractivity contribution in [3.63, 3.8) is 0 Å². The Balaban J connectivity index is 2.82. The Morgan fingerprint density at radius 2 is 2.33 bits per heavy atom. The number of carbonyl (C=O) groups excluding carboxylic acids is 1. The summed E-state index contributed by atoms with van der Waals surface area (Å²) in [5, 5.41) is 9.36. The Labute approximate surface area is 96.5 Å². The van der Waals surface area contributed by atoms with E-state index in [-0.39, 0.29) is 6.61 Å². The zero-order valence-electron chi connectivity index (χ0n) is 8.24. The molecule has 0 radical (unpaired) electrons. The van der Waals surface area contributed by atoms with Gasteiger partial charge in [-0.25, -0.2) is 4.79 Å². The van der Waals surface area contributed by atoms with Crippen LogP contribution in [-0.2, 0) is 9.53 Å². The van der Waals surface area contributed by atoms with Crippen LogP contribution >= 0.6 is 15.9 Å². The van der Waals surface area contributed by atoms with E-state index in [0.717, 1.165) is 10.0 Å². The Bertz CT molecular complexity index is 385. The molecule has 0 spiro atoms. The molecular weight excluding hydrogens is 260 g/mol. The second-order valence-electron chi connectivity index (χ2n) is 2.81. The van der Waals surface area contributed by atoms with E-state index < -0.39 is 11.7 Å². The molecule has 0 aromatic heterocycles. The number of ether oxygens (including phenoxy) is 1. The number of aliphatic hydroxyl groups is 1. The fourth-order valence-corrected chi connectivity index (χ4v) is 1.44. The normalized spacial score (nSPS) is 11.2. The van der Waals surface area contributed by atoms with Gasteiger partial charge >= 0.3 is 5.97 Å². The molecule has 0 atom stereocenters. The maximum absolute atomic E-state index is 11.1. The van der Waals surface area contributed by atoms with Gasteiger partial charge in [0, 0.05) is 4.47 Å². The van der Waals surface area contributed by atoms with Crippen LogP contribution in [0.15, 0.2) is 34.5 Å². The number of rotatable bonds is 3. The van der Waals surface area contributed by atoms with Gasteiger partial charge in [-0.2, -0.15) is 0 Å². The lowest BCUT2D eigenvalue weighted by molar-refractivity contribution is -0.141. The summed E-state index contributed by atoms with van der Waals surface area (Å²) < 4.78 is 5.52. The summed E-state index contributed by atoms with van der Waals surface area (Å²) in [5.74, 6) is -1.10. The first-order chi connectivity index (χ1) is 7.13. The molecular formula is C11H11BrO3. The minimum Gasteiger partial charge on any atom is -0.502 e. The van der Waals surface area contributed by atoms with Crippen molar-refractivity contribution in [2.45, 2.75) is 6.92 Å². The molecule has 15 heavy (non-hydrogen) atoms. The van der Waals surface area contributed by atoms with Gasteiger partial charge in [-0.1, -0.05) is 28.1 Å². The number of carbonyl (C=O) groups is 1. The summed E-state index contributed by atoms with van der Waals surface area (Å²) >= 11 is 3.29. The van der Waals surface area contributed by atoms with Crippen LogP contribution in [0, 0.1) is 0 Å². The van der Waals surface area contributed by atoms with Gasteiger partial charge in [0.2, 0.25) is 5.76 Å². The van der Waals surface area contributed by atoms with Crippen molar-refractivity contribution in [2.75, 3.05) is 6.61 Å². The molecule has 1 aromatic rings. The van der Waals surface area contributed by atoms with Crippen LogP contribution in [0.25, 0.3) is 6.08 Å². The molecule has 0 heterocycles. The molecule has 1 rings (SSSR count). The van der Waals surface area contributed by atoms with Crippen molar-refractivity contribution in [3.8, 4) is 0 Å². The largest absolute Gasteiger partial charge is 0.502 e. The summed E-state index contributed by atoms with van der Waals surface area (Å²) in [5.41, 5.74) is 0.731.